The Bertz CT molecular complexity index is 967. The zero-order valence-corrected chi connectivity index (χ0v) is 19.6. The molecule has 0 aliphatic carbocycles. The summed E-state index contributed by atoms with van der Waals surface area (Å²) >= 11 is 3.34. The largest absolute Gasteiger partial charge is 0.278 e. The van der Waals surface area contributed by atoms with Crippen molar-refractivity contribution in [2.24, 2.45) is 0 Å². The molecule has 0 N–H and O–H groups in total. The number of nitro groups is 1. The number of amides is 2. The number of nitrogens with zero attached hydrogens (tertiary/aromatic N) is 2. The van der Waals surface area contributed by atoms with E-state index in [1.165, 1.54) is 62.0 Å². The van der Waals surface area contributed by atoms with Gasteiger partial charge in [0.1, 0.15) is 0 Å². The van der Waals surface area contributed by atoms with Gasteiger partial charge in [-0.25, -0.2) is 0 Å². The number of unbranched alkanes of at least 4 members (excludes halogenated alkanes) is 9. The van der Waals surface area contributed by atoms with E-state index in [1.54, 1.807) is 12.1 Å². The van der Waals surface area contributed by atoms with E-state index in [-0.39, 0.29) is 17.5 Å². The van der Waals surface area contributed by atoms with Gasteiger partial charge in [-0.15, -0.1) is 0 Å². The summed E-state index contributed by atoms with van der Waals surface area (Å²) in [6.07, 6.45) is 11.8. The van der Waals surface area contributed by atoms with Crippen LogP contribution in [-0.2, 0) is 0 Å². The van der Waals surface area contributed by atoms with Gasteiger partial charge in [-0.2, -0.15) is 0 Å². The molecule has 2 aromatic carbocycles. The average Bonchev–Trinajstić information content (AvgIpc) is 2.75. The van der Waals surface area contributed by atoms with Gasteiger partial charge in [0.15, 0.2) is 0 Å². The molecule has 0 radical (unpaired) electrons. The van der Waals surface area contributed by atoms with Gasteiger partial charge in [-0.05, 0) is 40.5 Å². The van der Waals surface area contributed by atoms with Crippen molar-refractivity contribution in [3.63, 3.8) is 0 Å². The highest BCUT2D eigenvalue weighted by molar-refractivity contribution is 9.10. The van der Waals surface area contributed by atoms with Crippen LogP contribution in [0, 0.1) is 10.1 Å². The minimum Gasteiger partial charge on any atom is -0.274 e. The molecule has 0 fully saturated rings. The first-order valence-corrected chi connectivity index (χ1v) is 12.0. The summed E-state index contributed by atoms with van der Waals surface area (Å²) < 4.78 is 0.503. The molecule has 0 saturated heterocycles. The number of carbonyl (C=O) groups excluding carboxylic acids is 2. The number of imide groups is 1. The minimum atomic E-state index is -0.487. The lowest BCUT2D eigenvalue weighted by Gasteiger charge is -2.27. The Hall–Kier alpha value is -2.28. The minimum absolute atomic E-state index is 0.115. The summed E-state index contributed by atoms with van der Waals surface area (Å²) in [7, 11) is 0. The molecule has 0 unspecified atom stereocenters. The summed E-state index contributed by atoms with van der Waals surface area (Å²) in [6, 6.07) is 6.09. The van der Waals surface area contributed by atoms with Crippen LogP contribution in [0.1, 0.15) is 91.8 Å². The van der Waals surface area contributed by atoms with E-state index in [0.29, 0.717) is 32.9 Å². The first kappa shape index (κ1) is 23.4. The van der Waals surface area contributed by atoms with Crippen LogP contribution in [0.3, 0.4) is 0 Å². The third kappa shape index (κ3) is 5.14. The van der Waals surface area contributed by atoms with Crippen LogP contribution >= 0.6 is 15.9 Å². The normalized spacial score (nSPS) is 13.3. The average molecular weight is 489 g/mol. The van der Waals surface area contributed by atoms with Gasteiger partial charge >= 0.3 is 0 Å². The Morgan fingerprint density at radius 3 is 1.87 bits per heavy atom. The third-order valence-corrected chi connectivity index (χ3v) is 6.63. The van der Waals surface area contributed by atoms with Crippen LogP contribution in [0.25, 0.3) is 10.8 Å². The lowest BCUT2D eigenvalue weighted by Crippen LogP contribution is -2.40. The number of carbonyl (C=O) groups is 2. The molecule has 31 heavy (non-hydrogen) atoms. The summed E-state index contributed by atoms with van der Waals surface area (Å²) in [6.45, 7) is 2.60. The summed E-state index contributed by atoms with van der Waals surface area (Å²) in [5.74, 6) is -0.738. The Balaban J connectivity index is 1.62. The summed E-state index contributed by atoms with van der Waals surface area (Å²) in [5, 5.41) is 12.1. The van der Waals surface area contributed by atoms with Crippen molar-refractivity contribution >= 4 is 44.2 Å². The van der Waals surface area contributed by atoms with Crippen molar-refractivity contribution in [1.29, 1.82) is 0 Å². The zero-order valence-electron chi connectivity index (χ0n) is 18.0. The topological polar surface area (TPSA) is 80.5 Å². The molecule has 0 aromatic heterocycles. The van der Waals surface area contributed by atoms with Gasteiger partial charge in [-0.3, -0.25) is 24.6 Å². The summed E-state index contributed by atoms with van der Waals surface area (Å²) in [4.78, 5) is 38.3. The van der Waals surface area contributed by atoms with Crippen LogP contribution in [0.2, 0.25) is 0 Å². The van der Waals surface area contributed by atoms with Crippen molar-refractivity contribution in [3.05, 3.63) is 50.0 Å². The molecule has 6 nitrogen and oxygen atoms in total. The highest BCUT2D eigenvalue weighted by Gasteiger charge is 2.35. The molecular weight excluding hydrogens is 460 g/mol. The van der Waals surface area contributed by atoms with Gasteiger partial charge in [0.2, 0.25) is 0 Å². The highest BCUT2D eigenvalue weighted by atomic mass is 79.9. The van der Waals surface area contributed by atoms with Gasteiger partial charge in [-0.1, -0.05) is 64.7 Å². The standard InChI is InChI=1S/C24H29BrN2O4/c1-2-3-4-5-6-7-8-9-10-11-16-26-23(28)17-12-14-19(25)22-20(27(30)31)15-13-18(21(17)22)24(26)29/h12-15H,2-11,16H2,1H3. The fourth-order valence-electron chi connectivity index (χ4n) is 4.29. The maximum absolute atomic E-state index is 13.0. The maximum atomic E-state index is 13.0. The Morgan fingerprint density at radius 1 is 0.806 bits per heavy atom. The maximum Gasteiger partial charge on any atom is 0.278 e. The Kier molecular flexibility index (Phi) is 8.18. The lowest BCUT2D eigenvalue weighted by atomic mass is 9.93. The van der Waals surface area contributed by atoms with E-state index in [1.807, 2.05) is 0 Å². The third-order valence-electron chi connectivity index (χ3n) is 5.97. The molecule has 7 heteroatoms. The van der Waals surface area contributed by atoms with Crippen LogP contribution in [0.5, 0.6) is 0 Å². The smallest absolute Gasteiger partial charge is 0.274 e. The molecule has 0 bridgehead atoms. The van der Waals surface area contributed by atoms with E-state index in [2.05, 4.69) is 22.9 Å². The molecule has 1 aliphatic heterocycles. The van der Waals surface area contributed by atoms with E-state index in [4.69, 9.17) is 0 Å². The lowest BCUT2D eigenvalue weighted by molar-refractivity contribution is -0.383. The van der Waals surface area contributed by atoms with Gasteiger partial charge < -0.3 is 0 Å². The van der Waals surface area contributed by atoms with E-state index in [0.717, 1.165) is 19.3 Å². The SMILES string of the molecule is CCCCCCCCCCCCN1C(=O)c2ccc(Br)c3c([N+](=O)[O-])ccc(c23)C1=O. The monoisotopic (exact) mass is 488 g/mol. The predicted octanol–water partition coefficient (Wildman–Crippen LogP) is 7.03. The van der Waals surface area contributed by atoms with Crippen molar-refractivity contribution in [2.75, 3.05) is 6.54 Å². The zero-order chi connectivity index (χ0) is 22.4. The quantitative estimate of drug-likeness (QED) is 0.139. The molecule has 1 aliphatic rings. The number of rotatable bonds is 12. The van der Waals surface area contributed by atoms with E-state index in [9.17, 15) is 19.7 Å². The second kappa shape index (κ2) is 10.8. The Morgan fingerprint density at radius 2 is 1.32 bits per heavy atom. The molecule has 3 rings (SSSR count). The number of hydrogen-bond donors (Lipinski definition) is 0. The number of benzene rings is 2. The fourth-order valence-corrected chi connectivity index (χ4v) is 4.82. The van der Waals surface area contributed by atoms with Gasteiger partial charge in [0, 0.05) is 33.6 Å². The van der Waals surface area contributed by atoms with Crippen LogP contribution in [0.15, 0.2) is 28.7 Å². The Labute approximate surface area is 191 Å². The number of halogens is 1. The van der Waals surface area contributed by atoms with E-state index >= 15 is 0 Å². The fraction of sp³-hybridized carbons (Fsp3) is 0.500. The van der Waals surface area contributed by atoms with E-state index < -0.39 is 4.92 Å². The number of non-ortho nitro benzene ring substituents is 1. The second-order valence-corrected chi connectivity index (χ2v) is 9.03. The number of hydrogen-bond acceptors (Lipinski definition) is 4. The predicted molar refractivity (Wildman–Crippen MR) is 126 cm³/mol. The van der Waals surface area contributed by atoms with Gasteiger partial charge in [0.05, 0.1) is 10.3 Å². The van der Waals surface area contributed by atoms with Crippen molar-refractivity contribution in [1.82, 2.24) is 4.90 Å². The molecular formula is C24H29BrN2O4. The molecule has 0 atom stereocenters. The van der Waals surface area contributed by atoms with Gasteiger partial charge in [0.25, 0.3) is 17.5 Å². The molecule has 0 saturated carbocycles. The molecule has 2 aromatic rings. The number of nitro benzene ring substituents is 1. The first-order valence-electron chi connectivity index (χ1n) is 11.2. The van der Waals surface area contributed by atoms with Crippen LogP contribution in [-0.4, -0.2) is 28.2 Å². The molecule has 0 spiro atoms. The van der Waals surface area contributed by atoms with Crippen molar-refractivity contribution in [3.8, 4) is 0 Å². The van der Waals surface area contributed by atoms with Crippen LogP contribution < -0.4 is 0 Å². The van der Waals surface area contributed by atoms with Crippen molar-refractivity contribution in [2.45, 2.75) is 71.1 Å². The second-order valence-electron chi connectivity index (χ2n) is 8.18. The summed E-state index contributed by atoms with van der Waals surface area (Å²) in [5.41, 5.74) is 0.586. The molecule has 1 heterocycles. The van der Waals surface area contributed by atoms with Crippen LogP contribution in [0.4, 0.5) is 5.69 Å². The first-order chi connectivity index (χ1) is 15.0. The molecule has 2 amide bonds. The highest BCUT2D eigenvalue weighted by Crippen LogP contribution is 2.39. The van der Waals surface area contributed by atoms with Crippen molar-refractivity contribution < 1.29 is 14.5 Å². The molecule has 166 valence electrons.